The Balaban J connectivity index is -0.00000117. The third kappa shape index (κ3) is 32.1. The van der Waals surface area contributed by atoms with Crippen molar-refractivity contribution in [3.05, 3.63) is 35.4 Å². The molecule has 318 valence electrons. The van der Waals surface area contributed by atoms with Crippen LogP contribution in [0.2, 0.25) is 0 Å². The zero-order chi connectivity index (χ0) is 43.4. The van der Waals surface area contributed by atoms with E-state index in [1.807, 2.05) is 62.3 Å². The number of carbonyl (C=O) groups is 6. The summed E-state index contributed by atoms with van der Waals surface area (Å²) in [6.07, 6.45) is 1.86. The predicted molar refractivity (Wildman–Crippen MR) is 233 cm³/mol. The maximum absolute atomic E-state index is 13.1. The number of ether oxygens (including phenoxy) is 1. The average Bonchev–Trinajstić information content (AvgIpc) is 3.09. The van der Waals surface area contributed by atoms with E-state index in [2.05, 4.69) is 49.0 Å². The Morgan fingerprint density at radius 1 is 0.800 bits per heavy atom. The van der Waals surface area contributed by atoms with Crippen LogP contribution in [-0.2, 0) is 23.9 Å². The Bertz CT molecular complexity index is 1240. The highest BCUT2D eigenvalue weighted by Gasteiger charge is 2.24. The van der Waals surface area contributed by atoms with Gasteiger partial charge in [-0.25, -0.2) is 0 Å². The normalized spacial score (nSPS) is 11.6. The maximum Gasteiger partial charge on any atom is 0.251 e. The fourth-order valence-corrected chi connectivity index (χ4v) is 6.01. The minimum absolute atomic E-state index is 0.0645. The molecule has 4 N–H and O–H groups in total. The summed E-state index contributed by atoms with van der Waals surface area (Å²) in [6.45, 7) is 30.4. The first-order valence-electron chi connectivity index (χ1n) is 19.5. The van der Waals surface area contributed by atoms with Crippen LogP contribution in [0.15, 0.2) is 24.3 Å². The third-order valence-electron chi connectivity index (χ3n) is 7.15. The Morgan fingerprint density at radius 2 is 1.29 bits per heavy atom. The molecule has 3 amide bonds. The molecule has 0 aliphatic rings. The van der Waals surface area contributed by atoms with Crippen LogP contribution in [0, 0.1) is 11.8 Å². The van der Waals surface area contributed by atoms with Gasteiger partial charge in [0, 0.05) is 47.1 Å². The predicted octanol–water partition coefficient (Wildman–Crippen LogP) is 7.16. The third-order valence-corrected chi connectivity index (χ3v) is 9.68. The summed E-state index contributed by atoms with van der Waals surface area (Å²) in [7, 11) is 1.75. The van der Waals surface area contributed by atoms with E-state index in [1.165, 1.54) is 0 Å². The molecule has 0 aromatic heterocycles. The standard InChI is InChI=1S/C28H46N2O4S2.C8H15NO2.C4H9NO.C2H6/c1-19(2)35-17-23(18-36-20(3)4)25(32)21-10-12-22(13-11-21)26(33)29-16-24(31)30-28(8,9)14-15-34-27(5,6)7;1-4-8(11)9-7(5-10)6(2)3;1-4(6)3-5-2;1-2/h10-13,19-20,23H,14-18H2,1-9H3,(H,29,33)(H,30,31);5-7H,4H2,1-3H3,(H,9,11);5H,3H2,1-2H3;1-2H3. The van der Waals surface area contributed by atoms with Crippen LogP contribution in [0.25, 0.3) is 0 Å². The number of amides is 3. The van der Waals surface area contributed by atoms with Crippen LogP contribution in [0.3, 0.4) is 0 Å². The lowest BCUT2D eigenvalue weighted by Gasteiger charge is -2.28. The first kappa shape index (κ1) is 56.6. The largest absolute Gasteiger partial charge is 0.376 e. The van der Waals surface area contributed by atoms with Crippen molar-refractivity contribution in [3.8, 4) is 0 Å². The molecule has 0 spiro atoms. The molecule has 1 unspecified atom stereocenters. The smallest absolute Gasteiger partial charge is 0.251 e. The lowest BCUT2D eigenvalue weighted by Crippen LogP contribution is -2.48. The molecule has 13 heteroatoms. The van der Waals surface area contributed by atoms with Gasteiger partial charge in [-0.15, -0.1) is 0 Å². The van der Waals surface area contributed by atoms with Gasteiger partial charge >= 0.3 is 0 Å². The zero-order valence-corrected chi connectivity index (χ0v) is 38.5. The molecule has 55 heavy (non-hydrogen) atoms. The number of nitrogens with one attached hydrogen (secondary N) is 4. The summed E-state index contributed by atoms with van der Waals surface area (Å²) in [4.78, 5) is 69.3. The van der Waals surface area contributed by atoms with Gasteiger partial charge < -0.3 is 30.8 Å². The highest BCUT2D eigenvalue weighted by molar-refractivity contribution is 8.00. The van der Waals surface area contributed by atoms with Gasteiger partial charge in [0.2, 0.25) is 11.8 Å². The second-order valence-corrected chi connectivity index (χ2v) is 18.5. The molecular formula is C42H76N4O7S2. The van der Waals surface area contributed by atoms with Crippen molar-refractivity contribution in [1.29, 1.82) is 0 Å². The minimum atomic E-state index is -0.451. The van der Waals surface area contributed by atoms with E-state index in [0.29, 0.717) is 47.6 Å². The van der Waals surface area contributed by atoms with E-state index < -0.39 is 5.54 Å². The van der Waals surface area contributed by atoms with Crippen molar-refractivity contribution >= 4 is 59.1 Å². The van der Waals surface area contributed by atoms with Crippen LogP contribution in [0.5, 0.6) is 0 Å². The number of aldehydes is 1. The SMILES string of the molecule is CC.CC(C)SCC(CSC(C)C)C(=O)c1ccc(C(=O)NCC(=O)NC(C)(C)CCOC(C)(C)C)cc1.CCC(=O)NC(C=O)C(C)C.CNCC(C)=O. The van der Waals surface area contributed by atoms with E-state index in [9.17, 15) is 28.8 Å². The molecular weight excluding hydrogens is 737 g/mol. The van der Waals surface area contributed by atoms with Crippen LogP contribution < -0.4 is 21.3 Å². The van der Waals surface area contributed by atoms with Gasteiger partial charge in [0.05, 0.1) is 24.7 Å². The molecule has 0 aliphatic carbocycles. The number of rotatable bonds is 21. The Kier molecular flexibility index (Phi) is 32.3. The lowest BCUT2D eigenvalue weighted by molar-refractivity contribution is -0.124. The van der Waals surface area contributed by atoms with Gasteiger partial charge in [0.1, 0.15) is 12.1 Å². The first-order chi connectivity index (χ1) is 25.5. The van der Waals surface area contributed by atoms with E-state index in [0.717, 1.165) is 17.8 Å². The Labute approximate surface area is 342 Å². The molecule has 0 saturated heterocycles. The molecule has 0 bridgehead atoms. The summed E-state index contributed by atoms with van der Waals surface area (Å²) >= 11 is 3.59. The zero-order valence-electron chi connectivity index (χ0n) is 36.9. The van der Waals surface area contributed by atoms with Crippen LogP contribution >= 0.6 is 23.5 Å². The highest BCUT2D eigenvalue weighted by atomic mass is 32.2. The van der Waals surface area contributed by atoms with Crippen molar-refractivity contribution < 1.29 is 33.5 Å². The fraction of sp³-hybridized carbons (Fsp3) is 0.714. The summed E-state index contributed by atoms with van der Waals surface area (Å²) in [5, 5.41) is 11.9. The number of thioether (sulfide) groups is 2. The monoisotopic (exact) mass is 813 g/mol. The first-order valence-corrected chi connectivity index (χ1v) is 21.6. The van der Waals surface area contributed by atoms with E-state index in [4.69, 9.17) is 4.74 Å². The van der Waals surface area contributed by atoms with E-state index in [1.54, 1.807) is 68.7 Å². The molecule has 11 nitrogen and oxygen atoms in total. The molecule has 0 aliphatic heterocycles. The molecule has 0 saturated carbocycles. The average molecular weight is 813 g/mol. The second kappa shape index (κ2) is 31.4. The molecule has 0 fully saturated rings. The molecule has 1 aromatic carbocycles. The minimum Gasteiger partial charge on any atom is -0.376 e. The lowest BCUT2D eigenvalue weighted by atomic mass is 9.99. The summed E-state index contributed by atoms with van der Waals surface area (Å²) in [6, 6.07) is 6.39. The molecule has 1 aromatic rings. The Morgan fingerprint density at radius 3 is 1.65 bits per heavy atom. The number of benzene rings is 1. The number of ketones is 2. The van der Waals surface area contributed by atoms with Gasteiger partial charge in [-0.1, -0.05) is 74.4 Å². The van der Waals surface area contributed by atoms with Crippen LogP contribution in [0.1, 0.15) is 137 Å². The molecule has 1 atom stereocenters. The molecule has 0 heterocycles. The quantitative estimate of drug-likeness (QED) is 0.0742. The van der Waals surface area contributed by atoms with E-state index >= 15 is 0 Å². The number of carbonyl (C=O) groups excluding carboxylic acids is 6. The number of Topliss-reactive ketones (excluding diaryl/α,β-unsaturated/α-hetero) is 2. The molecule has 0 radical (unpaired) electrons. The maximum atomic E-state index is 13.1. The van der Waals surface area contributed by atoms with Crippen molar-refractivity contribution in [2.75, 3.05) is 38.2 Å². The number of hydrogen-bond acceptors (Lipinski definition) is 10. The summed E-state index contributed by atoms with van der Waals surface area (Å²) < 4.78 is 5.74. The topological polar surface area (TPSA) is 160 Å². The molecule has 1 rings (SSSR count). The fourth-order valence-electron chi connectivity index (χ4n) is 4.09. The van der Waals surface area contributed by atoms with Crippen LogP contribution in [-0.4, -0.2) is 102 Å². The second-order valence-electron chi connectivity index (χ2n) is 15.3. The van der Waals surface area contributed by atoms with Gasteiger partial charge in [0.15, 0.2) is 5.78 Å². The van der Waals surface area contributed by atoms with Gasteiger partial charge in [-0.2, -0.15) is 23.5 Å². The van der Waals surface area contributed by atoms with Crippen molar-refractivity contribution in [2.45, 2.75) is 144 Å². The highest BCUT2D eigenvalue weighted by Crippen LogP contribution is 2.24. The van der Waals surface area contributed by atoms with Crippen molar-refractivity contribution in [1.82, 2.24) is 21.3 Å². The van der Waals surface area contributed by atoms with Gasteiger partial charge in [-0.05, 0) is 83.6 Å². The summed E-state index contributed by atoms with van der Waals surface area (Å²) in [5.41, 5.74) is 0.354. The van der Waals surface area contributed by atoms with Crippen LogP contribution in [0.4, 0.5) is 0 Å². The van der Waals surface area contributed by atoms with Gasteiger partial charge in [-0.3, -0.25) is 24.0 Å². The number of likely N-dealkylation sites (N-methyl/N-ethyl adjacent to an activating group) is 1. The van der Waals surface area contributed by atoms with Gasteiger partial charge in [0.25, 0.3) is 5.91 Å². The van der Waals surface area contributed by atoms with E-state index in [-0.39, 0.29) is 59.3 Å². The Hall–Kier alpha value is -2.74. The summed E-state index contributed by atoms with van der Waals surface area (Å²) in [5.74, 6) is 1.28. The number of hydrogen-bond donors (Lipinski definition) is 4. The van der Waals surface area contributed by atoms with Crippen molar-refractivity contribution in [2.24, 2.45) is 11.8 Å². The van der Waals surface area contributed by atoms with Crippen molar-refractivity contribution in [3.63, 3.8) is 0 Å².